The maximum Gasteiger partial charge on any atom is 0.266 e. The summed E-state index contributed by atoms with van der Waals surface area (Å²) < 4.78 is 26.3. The Bertz CT molecular complexity index is 1370. The molecule has 0 saturated carbocycles. The quantitative estimate of drug-likeness (QED) is 0.234. The fourth-order valence-corrected chi connectivity index (χ4v) is 4.18. The number of rotatable bonds is 7. The molecule has 4 aromatic rings. The summed E-state index contributed by atoms with van der Waals surface area (Å²) in [5.41, 5.74) is 0.522. The van der Waals surface area contributed by atoms with E-state index >= 15 is 0 Å². The van der Waals surface area contributed by atoms with E-state index in [1.54, 1.807) is 54.6 Å². The number of benzene rings is 3. The Morgan fingerprint density at radius 1 is 1.03 bits per heavy atom. The van der Waals surface area contributed by atoms with Crippen LogP contribution >= 0.6 is 11.8 Å². The molecule has 0 bridgehead atoms. The number of nitrogens with zero attached hydrogens (tertiary/aromatic N) is 2. The predicted octanol–water partition coefficient (Wildman–Crippen LogP) is 4.52. The van der Waals surface area contributed by atoms with Crippen molar-refractivity contribution >= 4 is 28.4 Å². The smallest absolute Gasteiger partial charge is 0.266 e. The van der Waals surface area contributed by atoms with Crippen molar-refractivity contribution in [3.63, 3.8) is 0 Å². The van der Waals surface area contributed by atoms with Crippen LogP contribution in [0.2, 0.25) is 0 Å². The number of fused-ring (bicyclic) bond motifs is 1. The van der Waals surface area contributed by atoms with Gasteiger partial charge in [-0.05, 0) is 36.4 Å². The highest BCUT2D eigenvalue weighted by molar-refractivity contribution is 7.99. The normalized spacial score (nSPS) is 10.8. The van der Waals surface area contributed by atoms with E-state index in [1.165, 1.54) is 30.9 Å². The molecule has 0 spiro atoms. The minimum absolute atomic E-state index is 0.0259. The standard InChI is InChI=1S/C24H19FN2O4S/c1-30-15-11-12-17(22(13-15)31-2)21(28)14-32-24-26-19-9-5-3-7-16(19)23(29)27(24)20-10-6-4-8-18(20)25/h3-13H,14H2,1-2H3. The SMILES string of the molecule is COc1ccc(C(=O)CSc2nc3ccccc3c(=O)n2-c2ccccc2F)c(OC)c1. The van der Waals surface area contributed by atoms with Crippen molar-refractivity contribution in [3.05, 3.63) is 88.5 Å². The Morgan fingerprint density at radius 2 is 1.78 bits per heavy atom. The van der Waals surface area contributed by atoms with Crippen LogP contribution in [-0.2, 0) is 0 Å². The minimum Gasteiger partial charge on any atom is -0.497 e. The first-order valence-electron chi connectivity index (χ1n) is 9.68. The molecule has 0 radical (unpaired) electrons. The van der Waals surface area contributed by atoms with Crippen LogP contribution in [0.15, 0.2) is 76.7 Å². The number of carbonyl (C=O) groups is 1. The van der Waals surface area contributed by atoms with Crippen LogP contribution in [0, 0.1) is 5.82 Å². The molecular formula is C24H19FN2O4S. The molecule has 0 fully saturated rings. The highest BCUT2D eigenvalue weighted by Gasteiger charge is 2.19. The molecule has 0 aliphatic rings. The number of methoxy groups -OCH3 is 2. The number of ketones is 1. The Morgan fingerprint density at radius 3 is 2.53 bits per heavy atom. The molecule has 0 N–H and O–H groups in total. The number of thioether (sulfide) groups is 1. The van der Waals surface area contributed by atoms with E-state index in [0.29, 0.717) is 28.0 Å². The third kappa shape index (κ3) is 4.09. The average Bonchev–Trinajstić information content (AvgIpc) is 2.83. The van der Waals surface area contributed by atoms with Crippen LogP contribution in [0.4, 0.5) is 4.39 Å². The van der Waals surface area contributed by atoms with E-state index in [-0.39, 0.29) is 22.4 Å². The van der Waals surface area contributed by atoms with Gasteiger partial charge in [-0.2, -0.15) is 0 Å². The van der Waals surface area contributed by atoms with Crippen LogP contribution in [0.1, 0.15) is 10.4 Å². The number of para-hydroxylation sites is 2. The summed E-state index contributed by atoms with van der Waals surface area (Å²) in [6.07, 6.45) is 0. The molecule has 4 rings (SSSR count). The van der Waals surface area contributed by atoms with Crippen LogP contribution in [0.3, 0.4) is 0 Å². The van der Waals surface area contributed by atoms with Crippen molar-refractivity contribution in [1.82, 2.24) is 9.55 Å². The fourth-order valence-electron chi connectivity index (χ4n) is 3.29. The fraction of sp³-hybridized carbons (Fsp3) is 0.125. The van der Waals surface area contributed by atoms with Gasteiger partial charge in [-0.15, -0.1) is 0 Å². The third-order valence-electron chi connectivity index (χ3n) is 4.88. The summed E-state index contributed by atoms with van der Waals surface area (Å²) in [5.74, 6) is 0.138. The van der Waals surface area contributed by atoms with Gasteiger partial charge >= 0.3 is 0 Å². The van der Waals surface area contributed by atoms with Crippen LogP contribution in [0.5, 0.6) is 11.5 Å². The lowest BCUT2D eigenvalue weighted by molar-refractivity contribution is 0.101. The molecular weight excluding hydrogens is 431 g/mol. The largest absolute Gasteiger partial charge is 0.497 e. The van der Waals surface area contributed by atoms with Gasteiger partial charge in [0, 0.05) is 6.07 Å². The topological polar surface area (TPSA) is 70.4 Å². The van der Waals surface area contributed by atoms with Crippen molar-refractivity contribution in [2.24, 2.45) is 0 Å². The van der Waals surface area contributed by atoms with Gasteiger partial charge in [-0.1, -0.05) is 36.0 Å². The molecule has 0 aliphatic heterocycles. The van der Waals surface area contributed by atoms with Gasteiger partial charge < -0.3 is 9.47 Å². The zero-order valence-electron chi connectivity index (χ0n) is 17.4. The number of halogens is 1. The van der Waals surface area contributed by atoms with Crippen molar-refractivity contribution < 1.29 is 18.7 Å². The lowest BCUT2D eigenvalue weighted by atomic mass is 10.1. The first-order chi connectivity index (χ1) is 15.5. The number of hydrogen-bond acceptors (Lipinski definition) is 6. The Hall–Kier alpha value is -3.65. The van der Waals surface area contributed by atoms with Crippen molar-refractivity contribution in [3.8, 4) is 17.2 Å². The van der Waals surface area contributed by atoms with Crippen LogP contribution < -0.4 is 15.0 Å². The molecule has 6 nitrogen and oxygen atoms in total. The summed E-state index contributed by atoms with van der Waals surface area (Å²) in [6.45, 7) is 0. The maximum atomic E-state index is 14.6. The van der Waals surface area contributed by atoms with Gasteiger partial charge in [-0.3, -0.25) is 14.2 Å². The Kier molecular flexibility index (Phi) is 6.23. The summed E-state index contributed by atoms with van der Waals surface area (Å²) >= 11 is 1.06. The second-order valence-corrected chi connectivity index (χ2v) is 7.72. The Balaban J connectivity index is 1.75. The number of hydrogen-bond donors (Lipinski definition) is 0. The van der Waals surface area contributed by atoms with E-state index in [1.807, 2.05) is 0 Å². The van der Waals surface area contributed by atoms with Crippen molar-refractivity contribution in [2.45, 2.75) is 5.16 Å². The zero-order valence-corrected chi connectivity index (χ0v) is 18.2. The zero-order chi connectivity index (χ0) is 22.7. The summed E-state index contributed by atoms with van der Waals surface area (Å²) in [7, 11) is 3.00. The van der Waals surface area contributed by atoms with E-state index in [9.17, 15) is 14.0 Å². The van der Waals surface area contributed by atoms with Crippen molar-refractivity contribution in [1.29, 1.82) is 0 Å². The molecule has 162 valence electrons. The number of ether oxygens (including phenoxy) is 2. The summed E-state index contributed by atoms with van der Waals surface area (Å²) in [4.78, 5) is 30.7. The monoisotopic (exact) mass is 450 g/mol. The molecule has 8 heteroatoms. The molecule has 0 amide bonds. The summed E-state index contributed by atoms with van der Waals surface area (Å²) in [6, 6.07) is 17.7. The van der Waals surface area contributed by atoms with Crippen LogP contribution in [-0.4, -0.2) is 35.3 Å². The molecule has 3 aromatic carbocycles. The maximum absolute atomic E-state index is 14.6. The summed E-state index contributed by atoms with van der Waals surface area (Å²) in [5, 5.41) is 0.586. The second-order valence-electron chi connectivity index (χ2n) is 6.78. The molecule has 0 saturated heterocycles. The molecule has 1 aromatic heterocycles. The minimum atomic E-state index is -0.559. The highest BCUT2D eigenvalue weighted by Crippen LogP contribution is 2.28. The molecule has 0 unspecified atom stereocenters. The molecule has 1 heterocycles. The first kappa shape index (κ1) is 21.6. The molecule has 32 heavy (non-hydrogen) atoms. The van der Waals surface area contributed by atoms with E-state index < -0.39 is 11.4 Å². The van der Waals surface area contributed by atoms with Gasteiger partial charge in [0.15, 0.2) is 10.9 Å². The second kappa shape index (κ2) is 9.23. The van der Waals surface area contributed by atoms with Gasteiger partial charge in [0.1, 0.15) is 17.3 Å². The molecule has 0 atom stereocenters. The predicted molar refractivity (Wildman–Crippen MR) is 122 cm³/mol. The van der Waals surface area contributed by atoms with Crippen molar-refractivity contribution in [2.75, 3.05) is 20.0 Å². The highest BCUT2D eigenvalue weighted by atomic mass is 32.2. The number of carbonyl (C=O) groups excluding carboxylic acids is 1. The number of Topliss-reactive ketones (excluding diaryl/α,β-unsaturated/α-hetero) is 1. The third-order valence-corrected chi connectivity index (χ3v) is 5.82. The van der Waals surface area contributed by atoms with Crippen LogP contribution in [0.25, 0.3) is 16.6 Å². The lowest BCUT2D eigenvalue weighted by Crippen LogP contribution is -2.23. The number of aromatic nitrogens is 2. The molecule has 0 aliphatic carbocycles. The van der Waals surface area contributed by atoms with E-state index in [2.05, 4.69) is 4.98 Å². The lowest BCUT2D eigenvalue weighted by Gasteiger charge is -2.14. The van der Waals surface area contributed by atoms with E-state index in [0.717, 1.165) is 11.8 Å². The van der Waals surface area contributed by atoms with Gasteiger partial charge in [0.25, 0.3) is 5.56 Å². The van der Waals surface area contributed by atoms with Gasteiger partial charge in [0.2, 0.25) is 0 Å². The van der Waals surface area contributed by atoms with Gasteiger partial charge in [0.05, 0.1) is 42.1 Å². The van der Waals surface area contributed by atoms with E-state index in [4.69, 9.17) is 9.47 Å². The van der Waals surface area contributed by atoms with Gasteiger partial charge in [-0.25, -0.2) is 9.37 Å². The average molecular weight is 450 g/mol. The first-order valence-corrected chi connectivity index (χ1v) is 10.7. The Labute approximate surface area is 187 Å².